The average molecular weight is 476 g/mol. The lowest BCUT2D eigenvalue weighted by Crippen LogP contribution is -2.50. The maximum atomic E-state index is 13.2. The Balaban J connectivity index is 1.66. The van der Waals surface area contributed by atoms with Crippen LogP contribution in [0.15, 0.2) is 66.7 Å². The number of nitrogens with zero attached hydrogens (tertiary/aromatic N) is 2. The molecule has 31 heavy (non-hydrogen) atoms. The van der Waals surface area contributed by atoms with Gasteiger partial charge in [0, 0.05) is 35.2 Å². The minimum absolute atomic E-state index is 0.0592. The lowest BCUT2D eigenvalue weighted by atomic mass is 10.00. The number of piperazine rings is 1. The monoisotopic (exact) mass is 474 g/mol. The van der Waals surface area contributed by atoms with Crippen LogP contribution < -0.4 is 4.90 Å². The second kappa shape index (κ2) is 9.49. The Labute approximate surface area is 196 Å². The molecule has 0 aromatic heterocycles. The summed E-state index contributed by atoms with van der Waals surface area (Å²) in [6.07, 6.45) is 0. The summed E-state index contributed by atoms with van der Waals surface area (Å²) in [5.74, 6) is -0.0592. The number of hydrogen-bond acceptors (Lipinski definition) is 3. The molecule has 160 valence electrons. The molecule has 1 aliphatic heterocycles. The SMILES string of the molecule is O=C(c1cccc(CO)c1)N1CCN(c2ccc(Cl)cc2Cl)C(c2ccc(Cl)cc2)C1. The highest BCUT2D eigenvalue weighted by Crippen LogP contribution is 2.37. The Hall–Kier alpha value is -2.24. The molecule has 1 atom stereocenters. The van der Waals surface area contributed by atoms with Crippen LogP contribution >= 0.6 is 34.8 Å². The fourth-order valence-corrected chi connectivity index (χ4v) is 4.57. The van der Waals surface area contributed by atoms with Gasteiger partial charge in [-0.05, 0) is 53.6 Å². The molecule has 1 unspecified atom stereocenters. The highest BCUT2D eigenvalue weighted by molar-refractivity contribution is 6.36. The van der Waals surface area contributed by atoms with Crippen LogP contribution in [0.1, 0.15) is 27.5 Å². The van der Waals surface area contributed by atoms with E-state index in [2.05, 4.69) is 4.90 Å². The minimum Gasteiger partial charge on any atom is -0.392 e. The van der Waals surface area contributed by atoms with E-state index >= 15 is 0 Å². The van der Waals surface area contributed by atoms with Crippen molar-refractivity contribution in [1.82, 2.24) is 4.90 Å². The summed E-state index contributed by atoms with van der Waals surface area (Å²) in [6.45, 7) is 1.55. The fraction of sp³-hybridized carbons (Fsp3) is 0.208. The molecule has 3 aromatic rings. The van der Waals surface area contributed by atoms with E-state index in [1.54, 1.807) is 30.3 Å². The molecule has 0 bridgehead atoms. The Kier molecular flexibility index (Phi) is 6.73. The number of carbonyl (C=O) groups excluding carboxylic acids is 1. The lowest BCUT2D eigenvalue weighted by Gasteiger charge is -2.43. The number of aliphatic hydroxyl groups excluding tert-OH is 1. The number of amides is 1. The van der Waals surface area contributed by atoms with Crippen molar-refractivity contribution in [1.29, 1.82) is 0 Å². The summed E-state index contributed by atoms with van der Waals surface area (Å²) in [5.41, 5.74) is 3.20. The molecule has 0 aliphatic carbocycles. The molecule has 1 saturated heterocycles. The van der Waals surface area contributed by atoms with Crippen molar-refractivity contribution in [2.75, 3.05) is 24.5 Å². The number of hydrogen-bond donors (Lipinski definition) is 1. The van der Waals surface area contributed by atoms with E-state index in [0.29, 0.717) is 45.8 Å². The van der Waals surface area contributed by atoms with E-state index in [4.69, 9.17) is 34.8 Å². The smallest absolute Gasteiger partial charge is 0.254 e. The highest BCUT2D eigenvalue weighted by Gasteiger charge is 2.32. The van der Waals surface area contributed by atoms with E-state index in [9.17, 15) is 9.90 Å². The van der Waals surface area contributed by atoms with Crippen LogP contribution in [0.25, 0.3) is 0 Å². The lowest BCUT2D eigenvalue weighted by molar-refractivity contribution is 0.0722. The topological polar surface area (TPSA) is 43.8 Å². The summed E-state index contributed by atoms with van der Waals surface area (Å²) >= 11 is 18.7. The second-order valence-corrected chi connectivity index (χ2v) is 8.75. The largest absolute Gasteiger partial charge is 0.392 e. The standard InChI is InChI=1S/C24H21Cl3N2O2/c25-19-6-4-17(5-7-19)23-14-28(24(31)18-3-1-2-16(12-18)15-30)10-11-29(23)22-9-8-20(26)13-21(22)27/h1-9,12-13,23,30H,10-11,14-15H2. The number of halogens is 3. The number of anilines is 1. The predicted molar refractivity (Wildman–Crippen MR) is 126 cm³/mol. The molecular formula is C24H21Cl3N2O2. The van der Waals surface area contributed by atoms with Gasteiger partial charge < -0.3 is 14.9 Å². The van der Waals surface area contributed by atoms with Gasteiger partial charge in [0.05, 0.1) is 23.4 Å². The number of benzene rings is 3. The second-order valence-electron chi connectivity index (χ2n) is 7.47. The Morgan fingerprint density at radius 1 is 0.935 bits per heavy atom. The molecule has 1 fully saturated rings. The zero-order chi connectivity index (χ0) is 22.0. The van der Waals surface area contributed by atoms with Crippen LogP contribution in [0.5, 0.6) is 0 Å². The highest BCUT2D eigenvalue weighted by atomic mass is 35.5. The predicted octanol–water partition coefficient (Wildman–Crippen LogP) is 5.84. The molecule has 1 amide bonds. The third kappa shape index (κ3) is 4.83. The molecule has 0 radical (unpaired) electrons. The zero-order valence-corrected chi connectivity index (χ0v) is 18.9. The van der Waals surface area contributed by atoms with Crippen LogP contribution in [0.2, 0.25) is 15.1 Å². The molecule has 1 heterocycles. The van der Waals surface area contributed by atoms with E-state index in [-0.39, 0.29) is 18.6 Å². The van der Waals surface area contributed by atoms with Crippen LogP contribution in [0, 0.1) is 0 Å². The first-order valence-corrected chi connectivity index (χ1v) is 11.1. The molecule has 1 N–H and O–H groups in total. The molecule has 4 nitrogen and oxygen atoms in total. The van der Waals surface area contributed by atoms with Gasteiger partial charge in [0.2, 0.25) is 0 Å². The number of carbonyl (C=O) groups is 1. The van der Waals surface area contributed by atoms with Crippen molar-refractivity contribution in [3.05, 3.63) is 98.5 Å². The van der Waals surface area contributed by atoms with Gasteiger partial charge in [-0.1, -0.05) is 59.1 Å². The molecule has 4 rings (SSSR count). The third-order valence-electron chi connectivity index (χ3n) is 5.50. The Morgan fingerprint density at radius 3 is 2.39 bits per heavy atom. The van der Waals surface area contributed by atoms with Gasteiger partial charge in [-0.25, -0.2) is 0 Å². The normalized spacial score (nSPS) is 16.5. The third-order valence-corrected chi connectivity index (χ3v) is 6.29. The van der Waals surface area contributed by atoms with Gasteiger partial charge in [0.1, 0.15) is 0 Å². The van der Waals surface area contributed by atoms with E-state index in [1.807, 2.05) is 41.3 Å². The number of aliphatic hydroxyl groups is 1. The quantitative estimate of drug-likeness (QED) is 0.515. The zero-order valence-electron chi connectivity index (χ0n) is 16.6. The van der Waals surface area contributed by atoms with E-state index < -0.39 is 0 Å². The minimum atomic E-state index is -0.102. The van der Waals surface area contributed by atoms with Crippen LogP contribution in [0.4, 0.5) is 5.69 Å². The van der Waals surface area contributed by atoms with E-state index in [1.165, 1.54) is 0 Å². The van der Waals surface area contributed by atoms with Crippen molar-refractivity contribution in [2.24, 2.45) is 0 Å². The van der Waals surface area contributed by atoms with Crippen LogP contribution in [-0.4, -0.2) is 35.5 Å². The van der Waals surface area contributed by atoms with Gasteiger partial charge in [0.25, 0.3) is 5.91 Å². The average Bonchev–Trinajstić information content (AvgIpc) is 2.79. The first-order chi connectivity index (χ1) is 15.0. The molecule has 0 saturated carbocycles. The summed E-state index contributed by atoms with van der Waals surface area (Å²) in [5, 5.41) is 11.2. The van der Waals surface area contributed by atoms with Gasteiger partial charge in [0.15, 0.2) is 0 Å². The summed E-state index contributed by atoms with van der Waals surface area (Å²) in [4.78, 5) is 17.3. The Bertz CT molecular complexity index is 1090. The van der Waals surface area contributed by atoms with Crippen LogP contribution in [-0.2, 0) is 6.61 Å². The fourth-order valence-electron chi connectivity index (χ4n) is 3.93. The van der Waals surface area contributed by atoms with E-state index in [0.717, 1.165) is 11.3 Å². The molecular weight excluding hydrogens is 455 g/mol. The van der Waals surface area contributed by atoms with Crippen molar-refractivity contribution >= 4 is 46.4 Å². The van der Waals surface area contributed by atoms with Crippen molar-refractivity contribution < 1.29 is 9.90 Å². The van der Waals surface area contributed by atoms with Gasteiger partial charge >= 0.3 is 0 Å². The summed E-state index contributed by atoms with van der Waals surface area (Å²) in [6, 6.07) is 20.1. The maximum Gasteiger partial charge on any atom is 0.254 e. The van der Waals surface area contributed by atoms with Crippen molar-refractivity contribution in [3.63, 3.8) is 0 Å². The van der Waals surface area contributed by atoms with Crippen LogP contribution in [0.3, 0.4) is 0 Å². The molecule has 7 heteroatoms. The van der Waals surface area contributed by atoms with Crippen molar-refractivity contribution in [2.45, 2.75) is 12.6 Å². The first-order valence-electron chi connectivity index (χ1n) is 9.92. The first kappa shape index (κ1) is 22.0. The van der Waals surface area contributed by atoms with Gasteiger partial charge in [-0.2, -0.15) is 0 Å². The number of rotatable bonds is 4. The summed E-state index contributed by atoms with van der Waals surface area (Å²) in [7, 11) is 0. The van der Waals surface area contributed by atoms with Gasteiger partial charge in [-0.3, -0.25) is 4.79 Å². The van der Waals surface area contributed by atoms with Crippen molar-refractivity contribution in [3.8, 4) is 0 Å². The maximum absolute atomic E-state index is 13.2. The molecule has 0 spiro atoms. The summed E-state index contributed by atoms with van der Waals surface area (Å²) < 4.78 is 0. The van der Waals surface area contributed by atoms with Gasteiger partial charge in [-0.15, -0.1) is 0 Å². The Morgan fingerprint density at radius 2 is 1.68 bits per heavy atom. The molecule has 1 aliphatic rings. The molecule has 3 aromatic carbocycles.